The second kappa shape index (κ2) is 9.38. The minimum absolute atomic E-state index is 0.0852. The van der Waals surface area contributed by atoms with Gasteiger partial charge in [0.2, 0.25) is 5.91 Å². The van der Waals surface area contributed by atoms with Crippen molar-refractivity contribution in [1.29, 1.82) is 0 Å². The number of aromatic nitrogens is 2. The molecule has 4 rings (SSSR count). The maximum absolute atomic E-state index is 12.6. The number of carbonyl (C=O) groups excluding carboxylic acids is 2. The maximum atomic E-state index is 12.6. The second-order valence-corrected chi connectivity index (χ2v) is 10.5. The molecule has 1 fully saturated rings. The Morgan fingerprint density at radius 2 is 1.79 bits per heavy atom. The summed E-state index contributed by atoms with van der Waals surface area (Å²) in [6.07, 6.45) is 2.84. The SMILES string of the molecule is CC(=O)N1CCN(c2ccc3cnc(CNC(=O)c4ccc(C)c(S(C)(=O)=O)c4)cc3n2)CC1. The third kappa shape index (κ3) is 5.17. The molecule has 1 aliphatic rings. The normalized spacial score (nSPS) is 14.3. The molecule has 34 heavy (non-hydrogen) atoms. The summed E-state index contributed by atoms with van der Waals surface area (Å²) < 4.78 is 23.9. The third-order valence-electron chi connectivity index (χ3n) is 5.94. The van der Waals surface area contributed by atoms with E-state index in [4.69, 9.17) is 4.98 Å². The molecule has 3 heterocycles. The highest BCUT2D eigenvalue weighted by atomic mass is 32.2. The van der Waals surface area contributed by atoms with Gasteiger partial charge in [0, 0.05) is 56.5 Å². The van der Waals surface area contributed by atoms with Crippen LogP contribution in [0.25, 0.3) is 10.9 Å². The van der Waals surface area contributed by atoms with E-state index in [1.807, 2.05) is 23.1 Å². The highest BCUT2D eigenvalue weighted by Crippen LogP contribution is 2.20. The number of pyridine rings is 2. The lowest BCUT2D eigenvalue weighted by Gasteiger charge is -2.35. The average molecular weight is 482 g/mol. The van der Waals surface area contributed by atoms with Gasteiger partial charge < -0.3 is 15.1 Å². The van der Waals surface area contributed by atoms with E-state index < -0.39 is 9.84 Å². The summed E-state index contributed by atoms with van der Waals surface area (Å²) in [7, 11) is -3.43. The highest BCUT2D eigenvalue weighted by Gasteiger charge is 2.20. The fraction of sp³-hybridized carbons (Fsp3) is 0.333. The molecule has 0 saturated carbocycles. The van der Waals surface area contributed by atoms with Crippen LogP contribution in [0, 0.1) is 6.92 Å². The molecule has 2 aromatic heterocycles. The summed E-state index contributed by atoms with van der Waals surface area (Å²) in [5.74, 6) is 0.545. The van der Waals surface area contributed by atoms with Gasteiger partial charge in [0.1, 0.15) is 5.82 Å². The van der Waals surface area contributed by atoms with Gasteiger partial charge in [-0.15, -0.1) is 0 Å². The predicted molar refractivity (Wildman–Crippen MR) is 129 cm³/mol. The van der Waals surface area contributed by atoms with Gasteiger partial charge in [0.25, 0.3) is 5.91 Å². The molecule has 3 aromatic rings. The molecule has 0 unspecified atom stereocenters. The van der Waals surface area contributed by atoms with Crippen molar-refractivity contribution >= 4 is 38.4 Å². The minimum Gasteiger partial charge on any atom is -0.353 e. The maximum Gasteiger partial charge on any atom is 0.251 e. The van der Waals surface area contributed by atoms with Gasteiger partial charge in [0.15, 0.2) is 9.84 Å². The van der Waals surface area contributed by atoms with Gasteiger partial charge in [-0.3, -0.25) is 14.6 Å². The lowest BCUT2D eigenvalue weighted by atomic mass is 10.1. The van der Waals surface area contributed by atoms with Gasteiger partial charge in [-0.25, -0.2) is 13.4 Å². The lowest BCUT2D eigenvalue weighted by molar-refractivity contribution is -0.129. The Bertz CT molecular complexity index is 1370. The quantitative estimate of drug-likeness (QED) is 0.593. The molecule has 0 spiro atoms. The van der Waals surface area contributed by atoms with E-state index in [0.717, 1.165) is 36.1 Å². The Labute approximate surface area is 198 Å². The smallest absolute Gasteiger partial charge is 0.251 e. The van der Waals surface area contributed by atoms with Crippen molar-refractivity contribution < 1.29 is 18.0 Å². The minimum atomic E-state index is -3.43. The Balaban J connectivity index is 1.47. The number of amides is 2. The standard InChI is InChI=1S/C24H27N5O4S/c1-16-4-5-18(12-22(16)34(3,32)33)24(31)26-15-20-13-21-19(14-25-20)6-7-23(27-21)29-10-8-28(9-11-29)17(2)30/h4-7,12-14H,8-11,15H2,1-3H3,(H,26,31). The molecule has 9 nitrogen and oxygen atoms in total. The van der Waals surface area contributed by atoms with Crippen molar-refractivity contribution in [3.8, 4) is 0 Å². The number of nitrogens with one attached hydrogen (secondary N) is 1. The molecule has 0 aliphatic carbocycles. The first kappa shape index (κ1) is 23.6. The van der Waals surface area contributed by atoms with E-state index in [-0.39, 0.29) is 28.8 Å². The molecule has 0 atom stereocenters. The van der Waals surface area contributed by atoms with Crippen molar-refractivity contribution in [3.05, 3.63) is 59.4 Å². The number of benzene rings is 1. The summed E-state index contributed by atoms with van der Waals surface area (Å²) in [5, 5.41) is 3.69. The zero-order valence-corrected chi connectivity index (χ0v) is 20.2. The lowest BCUT2D eigenvalue weighted by Crippen LogP contribution is -2.48. The van der Waals surface area contributed by atoms with E-state index in [1.54, 1.807) is 32.2 Å². The van der Waals surface area contributed by atoms with Crippen molar-refractivity contribution in [1.82, 2.24) is 20.2 Å². The average Bonchev–Trinajstić information content (AvgIpc) is 2.81. The van der Waals surface area contributed by atoms with Crippen LogP contribution in [0.5, 0.6) is 0 Å². The van der Waals surface area contributed by atoms with E-state index in [9.17, 15) is 18.0 Å². The Hall–Kier alpha value is -3.53. The Morgan fingerprint density at radius 1 is 1.06 bits per heavy atom. The first-order valence-corrected chi connectivity index (χ1v) is 12.9. The van der Waals surface area contributed by atoms with Gasteiger partial charge in [0.05, 0.1) is 22.7 Å². The number of anilines is 1. The highest BCUT2D eigenvalue weighted by molar-refractivity contribution is 7.90. The largest absolute Gasteiger partial charge is 0.353 e. The van der Waals surface area contributed by atoms with E-state index in [1.165, 1.54) is 6.07 Å². The second-order valence-electron chi connectivity index (χ2n) is 8.47. The van der Waals surface area contributed by atoms with Crippen LogP contribution in [-0.4, -0.2) is 67.5 Å². The number of hydrogen-bond acceptors (Lipinski definition) is 7. The number of aryl methyl sites for hydroxylation is 1. The van der Waals surface area contributed by atoms with E-state index >= 15 is 0 Å². The van der Waals surface area contributed by atoms with Gasteiger partial charge in [-0.05, 0) is 42.8 Å². The molecular formula is C24H27N5O4S. The summed E-state index contributed by atoms with van der Waals surface area (Å²) in [6.45, 7) is 6.24. The molecule has 1 aliphatic heterocycles. The molecule has 0 bridgehead atoms. The van der Waals surface area contributed by atoms with Gasteiger partial charge in [-0.1, -0.05) is 6.07 Å². The van der Waals surface area contributed by atoms with Crippen LogP contribution >= 0.6 is 0 Å². The molecule has 0 radical (unpaired) electrons. The van der Waals surface area contributed by atoms with Crippen LogP contribution in [0.3, 0.4) is 0 Å². The molecule has 1 N–H and O–H groups in total. The monoisotopic (exact) mass is 481 g/mol. The van der Waals surface area contributed by atoms with Crippen molar-refractivity contribution in [2.45, 2.75) is 25.3 Å². The molecule has 10 heteroatoms. The van der Waals surface area contributed by atoms with Crippen LogP contribution in [-0.2, 0) is 21.2 Å². The number of carbonyl (C=O) groups is 2. The first-order chi connectivity index (χ1) is 16.1. The van der Waals surface area contributed by atoms with Gasteiger partial charge >= 0.3 is 0 Å². The van der Waals surface area contributed by atoms with Crippen LogP contribution in [0.1, 0.15) is 28.5 Å². The molecule has 2 amide bonds. The fourth-order valence-corrected chi connectivity index (χ4v) is 4.98. The summed E-state index contributed by atoms with van der Waals surface area (Å²) in [5.41, 5.74) is 2.28. The van der Waals surface area contributed by atoms with Crippen LogP contribution in [0.15, 0.2) is 47.5 Å². The van der Waals surface area contributed by atoms with Gasteiger partial charge in [-0.2, -0.15) is 0 Å². The van der Waals surface area contributed by atoms with Crippen molar-refractivity contribution in [3.63, 3.8) is 0 Å². The summed E-state index contributed by atoms with van der Waals surface area (Å²) in [4.78, 5) is 37.5. The Kier molecular flexibility index (Phi) is 6.52. The molecule has 1 saturated heterocycles. The van der Waals surface area contributed by atoms with E-state index in [0.29, 0.717) is 24.3 Å². The first-order valence-electron chi connectivity index (χ1n) is 11.0. The third-order valence-corrected chi connectivity index (χ3v) is 7.18. The number of fused-ring (bicyclic) bond motifs is 1. The predicted octanol–water partition coefficient (Wildman–Crippen LogP) is 1.94. The number of piperazine rings is 1. The zero-order valence-electron chi connectivity index (χ0n) is 19.4. The van der Waals surface area contributed by atoms with Crippen LogP contribution in [0.2, 0.25) is 0 Å². The number of rotatable bonds is 5. The number of hydrogen-bond donors (Lipinski definition) is 1. The number of sulfone groups is 1. The Morgan fingerprint density at radius 3 is 2.47 bits per heavy atom. The zero-order chi connectivity index (χ0) is 24.5. The van der Waals surface area contributed by atoms with Crippen LogP contribution in [0.4, 0.5) is 5.82 Å². The molecule has 178 valence electrons. The van der Waals surface area contributed by atoms with Crippen molar-refractivity contribution in [2.24, 2.45) is 0 Å². The van der Waals surface area contributed by atoms with Crippen molar-refractivity contribution in [2.75, 3.05) is 37.3 Å². The molecular weight excluding hydrogens is 454 g/mol. The summed E-state index contributed by atoms with van der Waals surface area (Å²) in [6, 6.07) is 10.4. The number of nitrogens with zero attached hydrogens (tertiary/aromatic N) is 4. The van der Waals surface area contributed by atoms with E-state index in [2.05, 4.69) is 15.2 Å². The summed E-state index contributed by atoms with van der Waals surface area (Å²) >= 11 is 0. The topological polar surface area (TPSA) is 113 Å². The van der Waals surface area contributed by atoms with Crippen LogP contribution < -0.4 is 10.2 Å². The molecule has 1 aromatic carbocycles. The fourth-order valence-electron chi connectivity index (χ4n) is 3.98.